The first-order valence-electron chi connectivity index (χ1n) is 8.92. The Kier molecular flexibility index (Phi) is 5.92. The number of Topliss-reactive ketones (excluding diaryl/α,β-unsaturated/α-hetero) is 2. The number of fused-ring (bicyclic) bond motifs is 1. The lowest BCUT2D eigenvalue weighted by Gasteiger charge is -2.36. The Bertz CT molecular complexity index is 874. The van der Waals surface area contributed by atoms with E-state index in [9.17, 15) is 14.4 Å². The highest BCUT2D eigenvalue weighted by atomic mass is 35.5. The fraction of sp³-hybridized carbons (Fsp3) is 0.400. The van der Waals surface area contributed by atoms with Gasteiger partial charge in [0, 0.05) is 25.8 Å². The van der Waals surface area contributed by atoms with E-state index in [0.29, 0.717) is 25.6 Å². The molecule has 1 saturated heterocycles. The molecule has 0 atom stereocenters. The Labute approximate surface area is 163 Å². The third-order valence-electron chi connectivity index (χ3n) is 4.90. The minimum atomic E-state index is -0.351. The van der Waals surface area contributed by atoms with Gasteiger partial charge in [0.15, 0.2) is 0 Å². The molecular weight excluding hydrogens is 366 g/mol. The summed E-state index contributed by atoms with van der Waals surface area (Å²) in [6.07, 6.45) is 4.08. The zero-order valence-corrected chi connectivity index (χ0v) is 15.8. The number of carbonyl (C=O) groups is 3. The van der Waals surface area contributed by atoms with Gasteiger partial charge in [0.2, 0.25) is 11.6 Å². The summed E-state index contributed by atoms with van der Waals surface area (Å²) in [6.45, 7) is 3.48. The van der Waals surface area contributed by atoms with Gasteiger partial charge in [-0.25, -0.2) is 0 Å². The molecule has 0 unspecified atom stereocenters. The summed E-state index contributed by atoms with van der Waals surface area (Å²) in [7, 11) is 0. The van der Waals surface area contributed by atoms with Gasteiger partial charge in [-0.3, -0.25) is 19.4 Å². The summed E-state index contributed by atoms with van der Waals surface area (Å²) < 4.78 is 0. The number of amides is 1. The van der Waals surface area contributed by atoms with Gasteiger partial charge in [-0.15, -0.1) is 0 Å². The predicted molar refractivity (Wildman–Crippen MR) is 101 cm³/mol. The Morgan fingerprint density at radius 1 is 1.33 bits per heavy atom. The largest absolute Gasteiger partial charge is 0.367 e. The van der Waals surface area contributed by atoms with Crippen LogP contribution in [0.3, 0.4) is 0 Å². The minimum Gasteiger partial charge on any atom is -0.367 e. The molecule has 2 heterocycles. The number of piperidine rings is 1. The summed E-state index contributed by atoms with van der Waals surface area (Å²) in [4.78, 5) is 42.6. The number of carbonyl (C=O) groups excluding carboxylic acids is 3. The number of rotatable bonds is 4. The van der Waals surface area contributed by atoms with Crippen molar-refractivity contribution in [1.82, 2.24) is 15.2 Å². The molecule has 0 radical (unpaired) electrons. The topological polar surface area (TPSA) is 79.4 Å². The van der Waals surface area contributed by atoms with E-state index in [0.717, 1.165) is 19.3 Å². The van der Waals surface area contributed by atoms with Gasteiger partial charge < -0.3 is 10.2 Å². The summed E-state index contributed by atoms with van der Waals surface area (Å²) >= 11 is 6.25. The molecule has 1 aromatic heterocycles. The standard InChI is InChI=1S/C20H20ClN3O3/c1-2-4-15(25)22-10-6-13-7-11-24(12-8-13)18-16(21)19(26)14-5-3-9-23-17(14)20(18)27/h3,5,9,13H,6-8,10-12H2,1H3,(H,22,25). The van der Waals surface area contributed by atoms with Crippen LogP contribution in [-0.2, 0) is 4.79 Å². The molecule has 0 spiro atoms. The second-order valence-corrected chi connectivity index (χ2v) is 6.95. The minimum absolute atomic E-state index is 0.0237. The van der Waals surface area contributed by atoms with Crippen LogP contribution in [0.15, 0.2) is 29.1 Å². The van der Waals surface area contributed by atoms with Crippen molar-refractivity contribution in [3.63, 3.8) is 0 Å². The van der Waals surface area contributed by atoms with Crippen LogP contribution in [0.1, 0.15) is 47.0 Å². The molecule has 2 aliphatic rings. The first-order valence-corrected chi connectivity index (χ1v) is 9.30. The van der Waals surface area contributed by atoms with Crippen LogP contribution in [0.4, 0.5) is 0 Å². The number of nitrogens with zero attached hydrogens (tertiary/aromatic N) is 2. The van der Waals surface area contributed by atoms with Crippen molar-refractivity contribution in [2.24, 2.45) is 5.92 Å². The number of aromatic nitrogens is 1. The Hall–Kier alpha value is -2.65. The first kappa shape index (κ1) is 19.1. The maximum atomic E-state index is 12.8. The average molecular weight is 386 g/mol. The van der Waals surface area contributed by atoms with Crippen molar-refractivity contribution < 1.29 is 14.4 Å². The second kappa shape index (κ2) is 8.36. The maximum Gasteiger partial charge on any atom is 0.295 e. The molecule has 1 amide bonds. The lowest BCUT2D eigenvalue weighted by atomic mass is 9.91. The monoisotopic (exact) mass is 385 g/mol. The quantitative estimate of drug-likeness (QED) is 0.803. The zero-order chi connectivity index (χ0) is 19.4. The Morgan fingerprint density at radius 2 is 2.07 bits per heavy atom. The van der Waals surface area contributed by atoms with Crippen molar-refractivity contribution in [3.05, 3.63) is 40.3 Å². The number of likely N-dealkylation sites (tertiary alicyclic amines) is 1. The highest BCUT2D eigenvalue weighted by Crippen LogP contribution is 2.32. The van der Waals surface area contributed by atoms with Crippen LogP contribution in [0, 0.1) is 17.8 Å². The van der Waals surface area contributed by atoms with Crippen LogP contribution in [0.2, 0.25) is 0 Å². The molecule has 6 nitrogen and oxygen atoms in total. The van der Waals surface area contributed by atoms with E-state index in [-0.39, 0.29) is 39.5 Å². The molecule has 140 valence electrons. The van der Waals surface area contributed by atoms with Crippen LogP contribution in [-0.4, -0.2) is 47.0 Å². The lowest BCUT2D eigenvalue weighted by Crippen LogP contribution is -2.39. The zero-order valence-electron chi connectivity index (χ0n) is 15.0. The van der Waals surface area contributed by atoms with Gasteiger partial charge in [0.05, 0.1) is 5.56 Å². The van der Waals surface area contributed by atoms with Crippen molar-refractivity contribution in [1.29, 1.82) is 0 Å². The Balaban J connectivity index is 1.62. The molecule has 1 aliphatic carbocycles. The number of allylic oxidation sites excluding steroid dienone is 2. The van der Waals surface area contributed by atoms with E-state index in [2.05, 4.69) is 22.1 Å². The number of ketones is 2. The van der Waals surface area contributed by atoms with Gasteiger partial charge >= 0.3 is 0 Å². The summed E-state index contributed by atoms with van der Waals surface area (Å²) in [5.74, 6) is 4.55. The van der Waals surface area contributed by atoms with E-state index in [4.69, 9.17) is 11.6 Å². The molecule has 1 aliphatic heterocycles. The SMILES string of the molecule is CC#CC(=O)NCCC1CCN(C2=C(Cl)C(=O)c3cccnc3C2=O)CC1. The van der Waals surface area contributed by atoms with Crippen LogP contribution in [0.25, 0.3) is 0 Å². The number of hydrogen-bond donors (Lipinski definition) is 1. The van der Waals surface area contributed by atoms with Crippen molar-refractivity contribution in [3.8, 4) is 11.8 Å². The molecule has 0 aromatic carbocycles. The highest BCUT2D eigenvalue weighted by molar-refractivity contribution is 6.49. The molecule has 0 saturated carbocycles. The summed E-state index contributed by atoms with van der Waals surface area (Å²) in [6, 6.07) is 3.20. The smallest absolute Gasteiger partial charge is 0.295 e. The predicted octanol–water partition coefficient (Wildman–Crippen LogP) is 2.15. The normalized spacial score (nSPS) is 17.3. The third kappa shape index (κ3) is 4.04. The van der Waals surface area contributed by atoms with E-state index in [1.165, 1.54) is 6.20 Å². The van der Waals surface area contributed by atoms with Gasteiger partial charge in [-0.1, -0.05) is 17.5 Å². The van der Waals surface area contributed by atoms with E-state index < -0.39 is 0 Å². The summed E-state index contributed by atoms with van der Waals surface area (Å²) in [5, 5.41) is 2.75. The highest BCUT2D eigenvalue weighted by Gasteiger charge is 2.36. The molecule has 27 heavy (non-hydrogen) atoms. The van der Waals surface area contributed by atoms with Crippen molar-refractivity contribution in [2.45, 2.75) is 26.2 Å². The molecule has 3 rings (SSSR count). The van der Waals surface area contributed by atoms with E-state index in [1.54, 1.807) is 19.1 Å². The second-order valence-electron chi connectivity index (χ2n) is 6.57. The summed E-state index contributed by atoms with van der Waals surface area (Å²) in [5.41, 5.74) is 0.693. The number of pyridine rings is 1. The molecular formula is C20H20ClN3O3. The molecule has 1 N–H and O–H groups in total. The van der Waals surface area contributed by atoms with Crippen molar-refractivity contribution >= 4 is 29.1 Å². The fourth-order valence-electron chi connectivity index (χ4n) is 3.48. The van der Waals surface area contributed by atoms with E-state index in [1.807, 2.05) is 4.90 Å². The third-order valence-corrected chi connectivity index (χ3v) is 5.25. The van der Waals surface area contributed by atoms with Crippen molar-refractivity contribution in [2.75, 3.05) is 19.6 Å². The van der Waals surface area contributed by atoms with Crippen LogP contribution < -0.4 is 5.32 Å². The van der Waals surface area contributed by atoms with Gasteiger partial charge in [-0.05, 0) is 50.2 Å². The molecule has 1 aromatic rings. The first-order chi connectivity index (χ1) is 13.0. The molecule has 7 heteroatoms. The van der Waals surface area contributed by atoms with Crippen LogP contribution >= 0.6 is 11.6 Å². The van der Waals surface area contributed by atoms with E-state index >= 15 is 0 Å². The van der Waals surface area contributed by atoms with Gasteiger partial charge in [0.1, 0.15) is 16.4 Å². The van der Waals surface area contributed by atoms with Crippen LogP contribution in [0.5, 0.6) is 0 Å². The lowest BCUT2D eigenvalue weighted by molar-refractivity contribution is -0.115. The molecule has 0 bridgehead atoms. The number of nitrogens with one attached hydrogen (secondary N) is 1. The Morgan fingerprint density at radius 3 is 2.78 bits per heavy atom. The maximum absolute atomic E-state index is 12.8. The number of hydrogen-bond acceptors (Lipinski definition) is 5. The van der Waals surface area contributed by atoms with Gasteiger partial charge in [0.25, 0.3) is 5.91 Å². The fourth-order valence-corrected chi connectivity index (χ4v) is 3.79. The number of halogens is 1. The average Bonchev–Trinajstić information content (AvgIpc) is 2.68. The molecule has 1 fully saturated rings. The van der Waals surface area contributed by atoms with Gasteiger partial charge in [-0.2, -0.15) is 0 Å².